The number of alkyl halides is 1. The number of hydrogen-bond donors (Lipinski definition) is 3. The molecule has 0 spiro atoms. The lowest BCUT2D eigenvalue weighted by Gasteiger charge is -2.62. The molecule has 33 heavy (non-hydrogen) atoms. The van der Waals surface area contributed by atoms with Crippen molar-refractivity contribution in [3.63, 3.8) is 0 Å². The fourth-order valence-electron chi connectivity index (χ4n) is 7.92. The maximum Gasteiger partial charge on any atom is 0.252 e. The number of nitrogens with one attached hydrogen (secondary N) is 1. The number of unbranched alkanes of at least 4 members (excludes halogenated alkanes) is 3. The van der Waals surface area contributed by atoms with Gasteiger partial charge >= 0.3 is 0 Å². The van der Waals surface area contributed by atoms with Crippen molar-refractivity contribution in [3.05, 3.63) is 23.8 Å². The van der Waals surface area contributed by atoms with E-state index in [1.54, 1.807) is 13.0 Å². The Morgan fingerprint density at radius 1 is 1.24 bits per heavy atom. The van der Waals surface area contributed by atoms with Crippen molar-refractivity contribution in [2.75, 3.05) is 6.54 Å². The van der Waals surface area contributed by atoms with Crippen LogP contribution < -0.4 is 5.32 Å². The van der Waals surface area contributed by atoms with Gasteiger partial charge in [0.15, 0.2) is 17.1 Å². The Kier molecular flexibility index (Phi) is 6.18. The number of halogens is 1. The summed E-state index contributed by atoms with van der Waals surface area (Å²) >= 11 is 0. The zero-order chi connectivity index (χ0) is 24.2. The zero-order valence-electron chi connectivity index (χ0n) is 20.5. The van der Waals surface area contributed by atoms with Crippen molar-refractivity contribution in [1.29, 1.82) is 0 Å². The van der Waals surface area contributed by atoms with Crippen LogP contribution >= 0.6 is 0 Å². The number of fused-ring (bicyclic) bond motifs is 5. The van der Waals surface area contributed by atoms with Crippen LogP contribution in [0.25, 0.3) is 0 Å². The molecule has 4 aliphatic carbocycles. The van der Waals surface area contributed by atoms with Gasteiger partial charge in [0.25, 0.3) is 5.91 Å². The van der Waals surface area contributed by atoms with Crippen LogP contribution in [0.15, 0.2) is 23.8 Å². The lowest BCUT2D eigenvalue weighted by atomic mass is 9.44. The first-order valence-electron chi connectivity index (χ1n) is 12.8. The highest BCUT2D eigenvalue weighted by atomic mass is 19.1. The van der Waals surface area contributed by atoms with Gasteiger partial charge in [-0.2, -0.15) is 0 Å². The van der Waals surface area contributed by atoms with Gasteiger partial charge in [0.05, 0.1) is 6.10 Å². The minimum atomic E-state index is -1.94. The molecule has 0 heterocycles. The van der Waals surface area contributed by atoms with Crippen LogP contribution in [0.2, 0.25) is 0 Å². The molecule has 4 aliphatic rings. The molecule has 0 saturated heterocycles. The molecule has 1 amide bonds. The van der Waals surface area contributed by atoms with E-state index >= 15 is 4.39 Å². The number of carbonyl (C=O) groups is 2. The Balaban J connectivity index is 1.64. The molecular formula is C27H40FNO4. The van der Waals surface area contributed by atoms with Crippen molar-refractivity contribution < 1.29 is 24.2 Å². The molecule has 0 aliphatic heterocycles. The molecule has 5 nitrogen and oxygen atoms in total. The molecular weight excluding hydrogens is 421 g/mol. The van der Waals surface area contributed by atoms with Crippen LogP contribution in [-0.2, 0) is 9.59 Å². The first-order chi connectivity index (χ1) is 15.5. The van der Waals surface area contributed by atoms with E-state index in [0.717, 1.165) is 31.3 Å². The number of aliphatic hydroxyl groups excluding tert-OH is 1. The van der Waals surface area contributed by atoms with Crippen LogP contribution in [0.1, 0.15) is 79.1 Å². The molecule has 3 fully saturated rings. The molecule has 184 valence electrons. The molecule has 4 rings (SSSR count). The number of hydrogen-bond acceptors (Lipinski definition) is 4. The summed E-state index contributed by atoms with van der Waals surface area (Å²) < 4.78 is 17.1. The van der Waals surface area contributed by atoms with Crippen molar-refractivity contribution in [1.82, 2.24) is 5.32 Å². The second-order valence-corrected chi connectivity index (χ2v) is 11.5. The summed E-state index contributed by atoms with van der Waals surface area (Å²) in [6.07, 6.45) is 8.97. The molecule has 8 atom stereocenters. The van der Waals surface area contributed by atoms with E-state index < -0.39 is 34.1 Å². The van der Waals surface area contributed by atoms with Crippen LogP contribution in [0, 0.1) is 28.6 Å². The molecule has 0 aromatic rings. The largest absolute Gasteiger partial charge is 0.390 e. The second kappa shape index (κ2) is 8.30. The Labute approximate surface area is 196 Å². The minimum Gasteiger partial charge on any atom is -0.390 e. The number of allylic oxidation sites excluding steroid dienone is 4. The van der Waals surface area contributed by atoms with Crippen molar-refractivity contribution >= 4 is 11.7 Å². The monoisotopic (exact) mass is 461 g/mol. The average molecular weight is 462 g/mol. The lowest BCUT2D eigenvalue weighted by molar-refractivity contribution is -0.219. The number of ketones is 1. The summed E-state index contributed by atoms with van der Waals surface area (Å²) in [6, 6.07) is 0. The topological polar surface area (TPSA) is 86.6 Å². The lowest BCUT2D eigenvalue weighted by Crippen LogP contribution is -2.70. The van der Waals surface area contributed by atoms with E-state index in [1.165, 1.54) is 12.2 Å². The number of carbonyl (C=O) groups excluding carboxylic acids is 2. The predicted molar refractivity (Wildman–Crippen MR) is 125 cm³/mol. The van der Waals surface area contributed by atoms with Crippen LogP contribution in [0.4, 0.5) is 4.39 Å². The highest BCUT2D eigenvalue weighted by Crippen LogP contribution is 2.70. The van der Waals surface area contributed by atoms with E-state index in [4.69, 9.17) is 0 Å². The van der Waals surface area contributed by atoms with Crippen LogP contribution in [-0.4, -0.2) is 45.8 Å². The standard InChI is InChI=1S/C27H40FNO4/c1-5-6-7-8-13-29-23(32)27(33)17(2)14-21-20-10-9-18-15-19(30)11-12-24(18,3)26(20,28)22(31)16-25(21,27)4/h11-12,15,17,20-22,31,33H,5-10,13-14,16H2,1-4H3,(H,29,32). The maximum atomic E-state index is 17.1. The summed E-state index contributed by atoms with van der Waals surface area (Å²) in [7, 11) is 0. The van der Waals surface area contributed by atoms with Gasteiger partial charge in [0.1, 0.15) is 0 Å². The Bertz CT molecular complexity index is 885. The first-order valence-corrected chi connectivity index (χ1v) is 12.8. The predicted octanol–water partition coefficient (Wildman–Crippen LogP) is 4.03. The van der Waals surface area contributed by atoms with Gasteiger partial charge in [0, 0.05) is 23.3 Å². The average Bonchev–Trinajstić information content (AvgIpc) is 2.96. The van der Waals surface area contributed by atoms with Gasteiger partial charge in [-0.1, -0.05) is 51.7 Å². The SMILES string of the molecule is CCCCCCNC(=O)C1(O)C(C)CC2C3CCC4=CC(=O)C=CC4(C)C3(F)C(O)CC21C. The molecule has 3 N–H and O–H groups in total. The van der Waals surface area contributed by atoms with E-state index in [1.807, 2.05) is 13.8 Å². The number of rotatable bonds is 6. The molecule has 3 saturated carbocycles. The third-order valence-electron chi connectivity index (χ3n) is 9.88. The third kappa shape index (κ3) is 3.23. The summed E-state index contributed by atoms with van der Waals surface area (Å²) in [5.41, 5.74) is -4.84. The third-order valence-corrected chi connectivity index (χ3v) is 9.88. The minimum absolute atomic E-state index is 0.0133. The summed E-state index contributed by atoms with van der Waals surface area (Å²) in [5.74, 6) is -1.60. The van der Waals surface area contributed by atoms with E-state index in [9.17, 15) is 19.8 Å². The second-order valence-electron chi connectivity index (χ2n) is 11.5. The Hall–Kier alpha value is -1.53. The number of amides is 1. The fraction of sp³-hybridized carbons (Fsp3) is 0.778. The smallest absolute Gasteiger partial charge is 0.252 e. The van der Waals surface area contributed by atoms with Crippen molar-refractivity contribution in [2.24, 2.45) is 28.6 Å². The highest BCUT2D eigenvalue weighted by Gasteiger charge is 2.75. The van der Waals surface area contributed by atoms with Gasteiger partial charge in [0.2, 0.25) is 0 Å². The van der Waals surface area contributed by atoms with Gasteiger partial charge in [-0.3, -0.25) is 9.59 Å². The molecule has 0 aromatic carbocycles. The number of aliphatic hydroxyl groups is 2. The van der Waals surface area contributed by atoms with Gasteiger partial charge < -0.3 is 15.5 Å². The zero-order valence-corrected chi connectivity index (χ0v) is 20.5. The summed E-state index contributed by atoms with van der Waals surface area (Å²) in [4.78, 5) is 25.3. The van der Waals surface area contributed by atoms with Gasteiger partial charge in [-0.15, -0.1) is 0 Å². The summed E-state index contributed by atoms with van der Waals surface area (Å²) in [5, 5.41) is 26.2. The summed E-state index contributed by atoms with van der Waals surface area (Å²) in [6.45, 7) is 8.18. The van der Waals surface area contributed by atoms with Gasteiger partial charge in [-0.05, 0) is 63.0 Å². The fourth-order valence-corrected chi connectivity index (χ4v) is 7.92. The molecule has 8 unspecified atom stereocenters. The normalized spacial score (nSPS) is 46.3. The molecule has 0 aromatic heterocycles. The highest BCUT2D eigenvalue weighted by molar-refractivity contribution is 6.01. The van der Waals surface area contributed by atoms with Gasteiger partial charge in [-0.25, -0.2) is 4.39 Å². The quantitative estimate of drug-likeness (QED) is 0.521. The van der Waals surface area contributed by atoms with E-state index in [0.29, 0.717) is 25.8 Å². The van der Waals surface area contributed by atoms with Crippen LogP contribution in [0.5, 0.6) is 0 Å². The molecule has 0 bridgehead atoms. The van der Waals surface area contributed by atoms with Crippen LogP contribution in [0.3, 0.4) is 0 Å². The van der Waals surface area contributed by atoms with Crippen molar-refractivity contribution in [3.8, 4) is 0 Å². The van der Waals surface area contributed by atoms with E-state index in [-0.39, 0.29) is 29.9 Å². The Morgan fingerprint density at radius 2 is 1.97 bits per heavy atom. The maximum absolute atomic E-state index is 17.1. The Morgan fingerprint density at radius 3 is 2.67 bits per heavy atom. The molecule has 6 heteroatoms. The molecule has 0 radical (unpaired) electrons. The first kappa shape index (κ1) is 24.6. The van der Waals surface area contributed by atoms with Crippen molar-refractivity contribution in [2.45, 2.75) is 96.4 Å². The van der Waals surface area contributed by atoms with E-state index in [2.05, 4.69) is 12.2 Å².